The smallest absolute Gasteiger partial charge is 0.407 e. The van der Waals surface area contributed by atoms with Crippen molar-refractivity contribution in [3.63, 3.8) is 0 Å². The maximum Gasteiger partial charge on any atom is 0.407 e. The van der Waals surface area contributed by atoms with Gasteiger partial charge in [-0.1, -0.05) is 93.9 Å². The lowest BCUT2D eigenvalue weighted by molar-refractivity contribution is -0.138. The van der Waals surface area contributed by atoms with Crippen molar-refractivity contribution in [1.82, 2.24) is 40.4 Å². The standard InChI is InChI=1S/C54H56N8O6/c1-6-27(2)42(60-53(66)68-5)52(65)62-46(40-41-47(62)54(40,41)3)49-56-38-21-17-34-24-32(15-19-36(34)45(38)58-49)31-14-18-35-33(23-31)16-20-37-44(35)57-48(55-37)39-22-28(26-67-4)25-61(39)51(64)43(29-10-8-7-9-11-29)59-50(63)30-12-13-30/h7-11,14-21,23-24,27-28,30,39-43,46-47H,6,12-13,22,25-26H2,1-5H3,(H,55,57)(H,56,58)(H,59,63)(H,60,66)/t27-,28-,39-,40?,41+,42-,43+,46-,47-,54+/m0/s1. The lowest BCUT2D eigenvalue weighted by Gasteiger charge is -2.30. The zero-order valence-electron chi connectivity index (χ0n) is 38.9. The molecule has 13 rings (SSSR count). The number of piperidine rings is 1. The summed E-state index contributed by atoms with van der Waals surface area (Å²) >= 11 is 0. The molecular weight excluding hydrogens is 857 g/mol. The van der Waals surface area contributed by atoms with Crippen LogP contribution in [-0.4, -0.2) is 93.0 Å². The minimum Gasteiger partial charge on any atom is -0.453 e. The summed E-state index contributed by atoms with van der Waals surface area (Å²) < 4.78 is 10.5. The summed E-state index contributed by atoms with van der Waals surface area (Å²) in [6, 6.07) is 29.0. The Morgan fingerprint density at radius 1 is 0.809 bits per heavy atom. The van der Waals surface area contributed by atoms with Gasteiger partial charge in [-0.15, -0.1) is 0 Å². The molecule has 5 heterocycles. The highest BCUT2D eigenvalue weighted by molar-refractivity contribution is 6.08. The van der Waals surface area contributed by atoms with Crippen LogP contribution in [0, 0.1) is 35.0 Å². The van der Waals surface area contributed by atoms with Crippen molar-refractivity contribution in [3.05, 3.63) is 108 Å². The molecule has 14 heteroatoms. The number of methoxy groups -OCH3 is 2. The second kappa shape index (κ2) is 15.9. The Bertz CT molecular complexity index is 3200. The Balaban J connectivity index is 0.826. The van der Waals surface area contributed by atoms with E-state index in [2.05, 4.69) is 82.1 Å². The number of rotatable bonds is 13. The first-order chi connectivity index (χ1) is 33.0. The molecule has 4 amide bonds. The van der Waals surface area contributed by atoms with Gasteiger partial charge >= 0.3 is 6.09 Å². The van der Waals surface area contributed by atoms with Gasteiger partial charge in [-0.05, 0) is 94.2 Å². The normalized spacial score (nSPS) is 26.0. The fourth-order valence-electron chi connectivity index (χ4n) is 12.2. The highest BCUT2D eigenvalue weighted by atomic mass is 16.5. The lowest BCUT2D eigenvalue weighted by atomic mass is 9.97. The van der Waals surface area contributed by atoms with Crippen LogP contribution in [0.25, 0.3) is 54.7 Å². The fraction of sp³-hybridized carbons (Fsp3) is 0.407. The van der Waals surface area contributed by atoms with E-state index in [-0.39, 0.29) is 59.0 Å². The van der Waals surface area contributed by atoms with Crippen molar-refractivity contribution >= 4 is 67.4 Å². The molecule has 3 saturated heterocycles. The van der Waals surface area contributed by atoms with E-state index in [1.807, 2.05) is 60.0 Å². The molecule has 68 heavy (non-hydrogen) atoms. The van der Waals surface area contributed by atoms with Crippen LogP contribution in [0.1, 0.15) is 81.8 Å². The first-order valence-electron chi connectivity index (χ1n) is 24.2. The van der Waals surface area contributed by atoms with Gasteiger partial charge in [0.15, 0.2) is 0 Å². The molecule has 6 aliphatic rings. The number of alkyl carbamates (subject to hydrolysis) is 1. The average Bonchev–Trinajstić information content (AvgIpc) is 4.13. The number of nitrogens with zero attached hydrogens (tertiary/aromatic N) is 4. The van der Waals surface area contributed by atoms with Crippen LogP contribution < -0.4 is 10.6 Å². The molecule has 6 fully saturated rings. The summed E-state index contributed by atoms with van der Waals surface area (Å²) in [7, 11) is 3.01. The van der Waals surface area contributed by atoms with Crippen LogP contribution in [0.4, 0.5) is 4.79 Å². The molecule has 2 aromatic heterocycles. The number of hydrogen-bond donors (Lipinski definition) is 4. The zero-order valence-corrected chi connectivity index (χ0v) is 38.9. The molecule has 0 spiro atoms. The third-order valence-electron chi connectivity index (χ3n) is 16.3. The maximum atomic E-state index is 14.6. The number of fused-ring (bicyclic) bond motifs is 7. The molecule has 0 radical (unpaired) electrons. The summed E-state index contributed by atoms with van der Waals surface area (Å²) in [5.74, 6) is 2.04. The summed E-state index contributed by atoms with van der Waals surface area (Å²) in [6.45, 7) is 7.30. The van der Waals surface area contributed by atoms with Crippen LogP contribution in [-0.2, 0) is 23.9 Å². The molecule has 3 aliphatic heterocycles. The predicted molar refractivity (Wildman–Crippen MR) is 258 cm³/mol. The molecule has 348 valence electrons. The van der Waals surface area contributed by atoms with Gasteiger partial charge in [0.25, 0.3) is 0 Å². The van der Waals surface area contributed by atoms with Crippen molar-refractivity contribution in [2.45, 2.75) is 76.7 Å². The minimum absolute atomic E-state index is 0.0325. The number of benzene rings is 5. The Kier molecular flexibility index (Phi) is 9.95. The molecule has 4 N–H and O–H groups in total. The third-order valence-corrected chi connectivity index (χ3v) is 16.3. The molecule has 3 aliphatic carbocycles. The van der Waals surface area contributed by atoms with Crippen molar-refractivity contribution in [1.29, 1.82) is 0 Å². The number of amides is 4. The Morgan fingerprint density at radius 2 is 1.44 bits per heavy atom. The molecular formula is C54H56N8O6. The number of H-pyrrole nitrogens is 2. The maximum absolute atomic E-state index is 14.6. The molecule has 10 atom stereocenters. The lowest BCUT2D eigenvalue weighted by Crippen LogP contribution is -2.52. The van der Waals surface area contributed by atoms with E-state index < -0.39 is 18.2 Å². The molecule has 14 nitrogen and oxygen atoms in total. The van der Waals surface area contributed by atoms with E-state index >= 15 is 0 Å². The predicted octanol–water partition coefficient (Wildman–Crippen LogP) is 8.50. The molecule has 3 saturated carbocycles. The number of aromatic amines is 2. The van der Waals surface area contributed by atoms with E-state index in [0.717, 1.165) is 91.2 Å². The van der Waals surface area contributed by atoms with E-state index in [4.69, 9.17) is 19.4 Å². The molecule has 1 unspecified atom stereocenters. The average molecular weight is 913 g/mol. The van der Waals surface area contributed by atoms with Gasteiger partial charge in [-0.3, -0.25) is 14.4 Å². The second-order valence-corrected chi connectivity index (χ2v) is 20.3. The molecule has 2 bridgehead atoms. The number of carbonyl (C=O) groups is 4. The summed E-state index contributed by atoms with van der Waals surface area (Å²) in [4.78, 5) is 75.8. The Morgan fingerprint density at radius 3 is 2.04 bits per heavy atom. The van der Waals surface area contributed by atoms with Gasteiger partial charge in [-0.2, -0.15) is 0 Å². The number of imidazole rings is 2. The highest BCUT2D eigenvalue weighted by Crippen LogP contribution is 2.90. The number of ether oxygens (including phenoxy) is 2. The van der Waals surface area contributed by atoms with Gasteiger partial charge in [0.1, 0.15) is 23.7 Å². The minimum atomic E-state index is -0.795. The Labute approximate surface area is 393 Å². The van der Waals surface area contributed by atoms with Crippen molar-refractivity contribution in [3.8, 4) is 11.1 Å². The largest absolute Gasteiger partial charge is 0.453 e. The summed E-state index contributed by atoms with van der Waals surface area (Å²) in [5.41, 5.74) is 6.54. The van der Waals surface area contributed by atoms with Gasteiger partial charge in [-0.25, -0.2) is 14.8 Å². The van der Waals surface area contributed by atoms with Crippen LogP contribution in [0.2, 0.25) is 0 Å². The van der Waals surface area contributed by atoms with Crippen LogP contribution in [0.15, 0.2) is 91.0 Å². The van der Waals surface area contributed by atoms with Crippen LogP contribution >= 0.6 is 0 Å². The van der Waals surface area contributed by atoms with Crippen LogP contribution in [0.5, 0.6) is 0 Å². The van der Waals surface area contributed by atoms with Crippen molar-refractivity contribution in [2.24, 2.45) is 35.0 Å². The topological polar surface area (TPSA) is 175 Å². The monoisotopic (exact) mass is 912 g/mol. The van der Waals surface area contributed by atoms with Gasteiger partial charge in [0, 0.05) is 42.3 Å². The fourth-order valence-corrected chi connectivity index (χ4v) is 12.2. The highest BCUT2D eigenvalue weighted by Gasteiger charge is 2.94. The number of hydrogen-bond acceptors (Lipinski definition) is 8. The SMILES string of the molecule is CC[C@H](C)[C@H](NC(=O)OC)C(=O)N1[C@H](c2nc3ccc4cc(-c5ccc6c(ccc7nc([C@@H]8C[C@H](COC)CN8C(=O)[C@H](NC(=O)C8CC8)c8ccccc8)[nH]c76)c5)ccc4c3[nH]2)C2[C@@H]3[C@H]1[C@]23C. The second-order valence-electron chi connectivity index (χ2n) is 20.3. The van der Waals surface area contributed by atoms with Crippen molar-refractivity contribution in [2.75, 3.05) is 27.4 Å². The number of aromatic nitrogens is 4. The van der Waals surface area contributed by atoms with E-state index in [1.165, 1.54) is 7.11 Å². The first-order valence-corrected chi connectivity index (χ1v) is 24.2. The zero-order chi connectivity index (χ0) is 46.7. The van der Waals surface area contributed by atoms with Gasteiger partial charge < -0.3 is 39.9 Å². The molecule has 7 aromatic rings. The third kappa shape index (κ3) is 6.68. The van der Waals surface area contributed by atoms with E-state index in [1.54, 1.807) is 7.11 Å². The molecule has 5 aromatic carbocycles. The number of nitrogens with one attached hydrogen (secondary N) is 4. The Hall–Kier alpha value is -6.80. The number of carbonyl (C=O) groups excluding carboxylic acids is 4. The summed E-state index contributed by atoms with van der Waals surface area (Å²) in [6.07, 6.45) is 2.52. The summed E-state index contributed by atoms with van der Waals surface area (Å²) in [5, 5.41) is 10.1. The van der Waals surface area contributed by atoms with Gasteiger partial charge in [0.05, 0.1) is 47.9 Å². The van der Waals surface area contributed by atoms with E-state index in [0.29, 0.717) is 31.4 Å². The first kappa shape index (κ1) is 42.5. The van der Waals surface area contributed by atoms with E-state index in [9.17, 15) is 19.2 Å². The van der Waals surface area contributed by atoms with Crippen LogP contribution in [0.3, 0.4) is 0 Å². The van der Waals surface area contributed by atoms with Gasteiger partial charge in [0.2, 0.25) is 17.7 Å². The quantitative estimate of drug-likeness (QED) is 0.0891. The van der Waals surface area contributed by atoms with Crippen molar-refractivity contribution < 1.29 is 28.7 Å². The number of likely N-dealkylation sites (tertiary alicyclic amines) is 1.